The first-order valence-electron chi connectivity index (χ1n) is 6.67. The lowest BCUT2D eigenvalue weighted by atomic mass is 10.1. The molecule has 0 bridgehead atoms. The Hall–Kier alpha value is -2.13. The molecule has 0 aliphatic rings. The number of hydrogen-bond donors (Lipinski definition) is 0. The Morgan fingerprint density at radius 3 is 2.57 bits per heavy atom. The van der Waals surface area contributed by atoms with Crippen molar-refractivity contribution in [2.45, 2.75) is 13.8 Å². The number of hydrogen-bond acceptors (Lipinski definition) is 3. The normalized spacial score (nSPS) is 10.9. The summed E-state index contributed by atoms with van der Waals surface area (Å²) in [5, 5.41) is 1.25. The lowest BCUT2D eigenvalue weighted by molar-refractivity contribution is 0.415. The second kappa shape index (κ2) is 5.34. The van der Waals surface area contributed by atoms with Gasteiger partial charge in [-0.3, -0.25) is 0 Å². The van der Waals surface area contributed by atoms with Crippen LogP contribution in [-0.2, 0) is 0 Å². The zero-order valence-electron chi connectivity index (χ0n) is 12.1. The molecule has 0 radical (unpaired) electrons. The fraction of sp³-hybridized carbons (Fsp3) is 0.176. The fourth-order valence-electron chi connectivity index (χ4n) is 2.37. The van der Waals surface area contributed by atoms with Crippen LogP contribution in [0.25, 0.3) is 22.3 Å². The van der Waals surface area contributed by atoms with E-state index in [2.05, 4.69) is 16.0 Å². The summed E-state index contributed by atoms with van der Waals surface area (Å²) in [7, 11) is 1.64. The van der Waals surface area contributed by atoms with Gasteiger partial charge in [0.25, 0.3) is 0 Å². The van der Waals surface area contributed by atoms with Gasteiger partial charge in [-0.15, -0.1) is 0 Å². The van der Waals surface area contributed by atoms with Crippen molar-refractivity contribution in [1.29, 1.82) is 0 Å². The molecule has 0 atom stereocenters. The molecule has 1 heterocycles. The van der Waals surface area contributed by atoms with E-state index in [-0.39, 0.29) is 0 Å². The summed E-state index contributed by atoms with van der Waals surface area (Å²) >= 11 is 6.35. The van der Waals surface area contributed by atoms with Crippen molar-refractivity contribution < 1.29 is 4.74 Å². The van der Waals surface area contributed by atoms with E-state index in [1.807, 2.05) is 44.2 Å². The Balaban J connectivity index is 2.26. The van der Waals surface area contributed by atoms with Gasteiger partial charge in [0.1, 0.15) is 10.9 Å². The van der Waals surface area contributed by atoms with Crippen molar-refractivity contribution in [1.82, 2.24) is 9.97 Å². The van der Waals surface area contributed by atoms with E-state index in [0.29, 0.717) is 11.0 Å². The van der Waals surface area contributed by atoms with E-state index >= 15 is 0 Å². The predicted molar refractivity (Wildman–Crippen MR) is 86.0 cm³/mol. The number of benzene rings is 2. The van der Waals surface area contributed by atoms with Gasteiger partial charge >= 0.3 is 0 Å². The molecule has 0 saturated heterocycles. The maximum atomic E-state index is 6.35. The molecule has 0 fully saturated rings. The van der Waals surface area contributed by atoms with E-state index in [4.69, 9.17) is 16.3 Å². The molecular weight excluding hydrogens is 284 g/mol. The molecule has 3 aromatic rings. The van der Waals surface area contributed by atoms with Crippen LogP contribution in [-0.4, -0.2) is 17.1 Å². The molecule has 2 aromatic carbocycles. The second-order valence-corrected chi connectivity index (χ2v) is 5.41. The highest BCUT2D eigenvalue weighted by Crippen LogP contribution is 2.30. The third kappa shape index (κ3) is 2.57. The van der Waals surface area contributed by atoms with Crippen LogP contribution in [0.2, 0.25) is 5.15 Å². The van der Waals surface area contributed by atoms with Crippen LogP contribution in [0.5, 0.6) is 5.75 Å². The van der Waals surface area contributed by atoms with Crippen molar-refractivity contribution in [2.75, 3.05) is 7.11 Å². The minimum absolute atomic E-state index is 0.443. The zero-order chi connectivity index (χ0) is 15.0. The fourth-order valence-corrected chi connectivity index (χ4v) is 2.59. The molecule has 0 amide bonds. The number of methoxy groups -OCH3 is 1. The molecule has 1 aromatic heterocycles. The van der Waals surface area contributed by atoms with Gasteiger partial charge in [0.2, 0.25) is 0 Å². The summed E-state index contributed by atoms with van der Waals surface area (Å²) < 4.78 is 5.27. The van der Waals surface area contributed by atoms with Gasteiger partial charge in [0.05, 0.1) is 12.6 Å². The van der Waals surface area contributed by atoms with Crippen LogP contribution in [0, 0.1) is 13.8 Å². The first-order valence-corrected chi connectivity index (χ1v) is 7.05. The SMILES string of the molecule is COc1cc(C)c2nc(-c3cccc(C)c3)nc(Cl)c2c1. The summed E-state index contributed by atoms with van der Waals surface area (Å²) in [5.74, 6) is 1.40. The van der Waals surface area contributed by atoms with Gasteiger partial charge in [-0.25, -0.2) is 9.97 Å². The highest BCUT2D eigenvalue weighted by atomic mass is 35.5. The molecule has 0 saturated carbocycles. The average Bonchev–Trinajstić information content (AvgIpc) is 2.47. The minimum Gasteiger partial charge on any atom is -0.497 e. The number of rotatable bonds is 2. The maximum absolute atomic E-state index is 6.35. The molecule has 4 heteroatoms. The molecule has 0 spiro atoms. The number of fused-ring (bicyclic) bond motifs is 1. The van der Waals surface area contributed by atoms with Crippen LogP contribution < -0.4 is 4.74 Å². The second-order valence-electron chi connectivity index (χ2n) is 5.05. The van der Waals surface area contributed by atoms with Gasteiger partial charge in [-0.2, -0.15) is 0 Å². The zero-order valence-corrected chi connectivity index (χ0v) is 12.9. The van der Waals surface area contributed by atoms with Gasteiger partial charge in [-0.1, -0.05) is 35.4 Å². The van der Waals surface area contributed by atoms with Crippen molar-refractivity contribution in [2.24, 2.45) is 0 Å². The summed E-state index contributed by atoms with van der Waals surface area (Å²) in [5.41, 5.74) is 4.00. The topological polar surface area (TPSA) is 35.0 Å². The third-order valence-corrected chi connectivity index (χ3v) is 3.72. The van der Waals surface area contributed by atoms with Gasteiger partial charge in [0.15, 0.2) is 5.82 Å². The molecule has 3 rings (SSSR count). The first kappa shape index (κ1) is 13.8. The molecule has 21 heavy (non-hydrogen) atoms. The summed E-state index contributed by atoms with van der Waals surface area (Å²) in [6.07, 6.45) is 0. The Morgan fingerprint density at radius 1 is 1.05 bits per heavy atom. The lowest BCUT2D eigenvalue weighted by Gasteiger charge is -2.09. The predicted octanol–water partition coefficient (Wildman–Crippen LogP) is 4.58. The summed E-state index contributed by atoms with van der Waals surface area (Å²) in [6.45, 7) is 4.04. The molecule has 0 aliphatic heterocycles. The van der Waals surface area contributed by atoms with E-state index in [1.54, 1.807) is 7.11 Å². The van der Waals surface area contributed by atoms with Crippen LogP contribution in [0.3, 0.4) is 0 Å². The number of aromatic nitrogens is 2. The highest BCUT2D eigenvalue weighted by molar-refractivity contribution is 6.34. The van der Waals surface area contributed by atoms with Crippen LogP contribution in [0.15, 0.2) is 36.4 Å². The van der Waals surface area contributed by atoms with Gasteiger partial charge in [-0.05, 0) is 37.6 Å². The van der Waals surface area contributed by atoms with Crippen LogP contribution in [0.4, 0.5) is 0 Å². The highest BCUT2D eigenvalue weighted by Gasteiger charge is 2.11. The summed E-state index contributed by atoms with van der Waals surface area (Å²) in [4.78, 5) is 9.10. The number of aryl methyl sites for hydroxylation is 2. The van der Waals surface area contributed by atoms with Crippen molar-refractivity contribution >= 4 is 22.5 Å². The number of nitrogens with zero attached hydrogens (tertiary/aromatic N) is 2. The van der Waals surface area contributed by atoms with Gasteiger partial charge < -0.3 is 4.74 Å². The van der Waals surface area contributed by atoms with Crippen molar-refractivity contribution in [3.63, 3.8) is 0 Å². The smallest absolute Gasteiger partial charge is 0.161 e. The van der Waals surface area contributed by atoms with Crippen molar-refractivity contribution in [3.8, 4) is 17.1 Å². The largest absolute Gasteiger partial charge is 0.497 e. The number of ether oxygens (including phenoxy) is 1. The Kier molecular flexibility index (Phi) is 3.52. The molecule has 0 N–H and O–H groups in total. The third-order valence-electron chi connectivity index (χ3n) is 3.43. The molecule has 106 valence electrons. The monoisotopic (exact) mass is 298 g/mol. The molecular formula is C17H15ClN2O. The minimum atomic E-state index is 0.443. The van der Waals surface area contributed by atoms with Crippen LogP contribution in [0.1, 0.15) is 11.1 Å². The van der Waals surface area contributed by atoms with Crippen molar-refractivity contribution in [3.05, 3.63) is 52.7 Å². The number of halogens is 1. The van der Waals surface area contributed by atoms with E-state index < -0.39 is 0 Å². The Bertz CT molecular complexity index is 830. The van der Waals surface area contributed by atoms with E-state index in [0.717, 1.165) is 27.8 Å². The molecule has 0 aliphatic carbocycles. The van der Waals surface area contributed by atoms with Gasteiger partial charge in [0, 0.05) is 10.9 Å². The standard InChI is InChI=1S/C17H15ClN2O/c1-10-5-4-6-12(7-10)17-19-15-11(2)8-13(21-3)9-14(15)16(18)20-17/h4-9H,1-3H3. The quantitative estimate of drug-likeness (QED) is 0.650. The van der Waals surface area contributed by atoms with E-state index in [9.17, 15) is 0 Å². The molecule has 3 nitrogen and oxygen atoms in total. The average molecular weight is 299 g/mol. The molecule has 0 unspecified atom stereocenters. The maximum Gasteiger partial charge on any atom is 0.161 e. The Labute approximate surface area is 128 Å². The van der Waals surface area contributed by atoms with Crippen LogP contribution >= 0.6 is 11.6 Å². The van der Waals surface area contributed by atoms with E-state index in [1.165, 1.54) is 5.56 Å². The lowest BCUT2D eigenvalue weighted by Crippen LogP contribution is -1.95. The first-order chi connectivity index (χ1) is 10.1. The Morgan fingerprint density at radius 2 is 1.86 bits per heavy atom. The summed E-state index contributed by atoms with van der Waals surface area (Å²) in [6, 6.07) is 11.9.